The predicted octanol–water partition coefficient (Wildman–Crippen LogP) is 2.26. The van der Waals surface area contributed by atoms with Crippen LogP contribution in [0.25, 0.3) is 0 Å². The van der Waals surface area contributed by atoms with Crippen molar-refractivity contribution in [3.63, 3.8) is 0 Å². The number of rotatable bonds is 5. The fourth-order valence-electron chi connectivity index (χ4n) is 2.30. The number of carboxylic acid groups (broad SMARTS) is 1. The number of carboxylic acids is 1. The molecule has 5 nitrogen and oxygen atoms in total. The van der Waals surface area contributed by atoms with E-state index in [2.05, 4.69) is 11.9 Å². The molecule has 0 spiro atoms. The highest BCUT2D eigenvalue weighted by molar-refractivity contribution is 8.00. The number of carbonyl (C=O) groups excluding carboxylic acids is 1. The molecule has 0 bridgehead atoms. The molecule has 1 fully saturated rings. The van der Waals surface area contributed by atoms with Gasteiger partial charge in [0.15, 0.2) is 0 Å². The minimum atomic E-state index is -0.904. The van der Waals surface area contributed by atoms with Crippen LogP contribution in [0.1, 0.15) is 31.9 Å². The molecular weight excluding hydrogens is 296 g/mol. The van der Waals surface area contributed by atoms with Gasteiger partial charge in [0, 0.05) is 11.9 Å². The molecule has 1 aliphatic rings. The van der Waals surface area contributed by atoms with Crippen molar-refractivity contribution in [3.8, 4) is 0 Å². The molecule has 110 valence electrons. The van der Waals surface area contributed by atoms with E-state index < -0.39 is 12.0 Å². The molecule has 1 aromatic rings. The lowest BCUT2D eigenvalue weighted by Gasteiger charge is -2.32. The number of amides is 1. The third-order valence-corrected chi connectivity index (χ3v) is 5.19. The second kappa shape index (κ2) is 7.08. The van der Waals surface area contributed by atoms with Crippen LogP contribution < -0.4 is 0 Å². The predicted molar refractivity (Wildman–Crippen MR) is 79.2 cm³/mol. The maximum atomic E-state index is 12.3. The van der Waals surface area contributed by atoms with Gasteiger partial charge in [0.2, 0.25) is 5.91 Å². The Balaban J connectivity index is 2.00. The minimum Gasteiger partial charge on any atom is -0.480 e. The van der Waals surface area contributed by atoms with E-state index in [1.165, 1.54) is 16.2 Å². The van der Waals surface area contributed by atoms with E-state index in [1.807, 2.05) is 5.38 Å². The number of likely N-dealkylation sites (tertiary alicyclic amines) is 1. The number of aliphatic carboxylic acids is 1. The van der Waals surface area contributed by atoms with E-state index in [0.717, 1.165) is 28.6 Å². The van der Waals surface area contributed by atoms with E-state index in [4.69, 9.17) is 0 Å². The average molecular weight is 314 g/mol. The van der Waals surface area contributed by atoms with Gasteiger partial charge in [0.05, 0.1) is 12.1 Å². The number of thioether (sulfide) groups is 1. The molecule has 2 rings (SSSR count). The minimum absolute atomic E-state index is 0.129. The Morgan fingerprint density at radius 2 is 2.35 bits per heavy atom. The van der Waals surface area contributed by atoms with Crippen molar-refractivity contribution in [2.24, 2.45) is 0 Å². The zero-order valence-corrected chi connectivity index (χ0v) is 13.0. The molecule has 0 aliphatic carbocycles. The highest BCUT2D eigenvalue weighted by Gasteiger charge is 2.31. The highest BCUT2D eigenvalue weighted by Crippen LogP contribution is 2.23. The summed E-state index contributed by atoms with van der Waals surface area (Å²) in [5.74, 6) is -0.0808. The number of thiazole rings is 1. The molecule has 2 heterocycles. The number of nitrogens with zero attached hydrogens (tertiary/aromatic N) is 2. The van der Waals surface area contributed by atoms with Crippen LogP contribution in [0.2, 0.25) is 0 Å². The Hall–Kier alpha value is -1.08. The topological polar surface area (TPSA) is 70.5 Å². The zero-order valence-electron chi connectivity index (χ0n) is 11.4. The first-order chi connectivity index (χ1) is 9.61. The lowest BCUT2D eigenvalue weighted by atomic mass is 10.0. The summed E-state index contributed by atoms with van der Waals surface area (Å²) in [6.45, 7) is 2.60. The Labute approximate surface area is 126 Å². The summed E-state index contributed by atoms with van der Waals surface area (Å²) in [5, 5.41) is 11.1. The second-order valence-electron chi connectivity index (χ2n) is 4.65. The highest BCUT2D eigenvalue weighted by atomic mass is 32.2. The monoisotopic (exact) mass is 314 g/mol. The fraction of sp³-hybridized carbons (Fsp3) is 0.615. The van der Waals surface area contributed by atoms with Crippen LogP contribution in [0.5, 0.6) is 0 Å². The summed E-state index contributed by atoms with van der Waals surface area (Å²) in [6, 6.07) is -0.667. The summed E-state index contributed by atoms with van der Waals surface area (Å²) in [4.78, 5) is 29.4. The largest absolute Gasteiger partial charge is 0.480 e. The van der Waals surface area contributed by atoms with Crippen LogP contribution in [-0.2, 0) is 16.0 Å². The summed E-state index contributed by atoms with van der Waals surface area (Å²) in [5.41, 5.74) is 0.741. The zero-order chi connectivity index (χ0) is 14.5. The van der Waals surface area contributed by atoms with Gasteiger partial charge in [-0.2, -0.15) is 0 Å². The quantitative estimate of drug-likeness (QED) is 0.844. The maximum Gasteiger partial charge on any atom is 0.326 e. The van der Waals surface area contributed by atoms with Gasteiger partial charge in [-0.3, -0.25) is 4.79 Å². The number of carbonyl (C=O) groups is 2. The summed E-state index contributed by atoms with van der Waals surface area (Å²) in [7, 11) is 0. The van der Waals surface area contributed by atoms with Gasteiger partial charge >= 0.3 is 5.97 Å². The second-order valence-corrected chi connectivity index (χ2v) is 7.02. The molecule has 1 saturated heterocycles. The van der Waals surface area contributed by atoms with E-state index in [9.17, 15) is 14.7 Å². The summed E-state index contributed by atoms with van der Waals surface area (Å²) >= 11 is 3.19. The Morgan fingerprint density at radius 1 is 1.55 bits per heavy atom. The lowest BCUT2D eigenvalue weighted by Crippen LogP contribution is -2.48. The van der Waals surface area contributed by atoms with Crippen LogP contribution in [0.15, 0.2) is 9.72 Å². The third kappa shape index (κ3) is 3.73. The van der Waals surface area contributed by atoms with Crippen molar-refractivity contribution >= 4 is 35.0 Å². The number of aromatic nitrogens is 1. The summed E-state index contributed by atoms with van der Waals surface area (Å²) < 4.78 is 0.962. The van der Waals surface area contributed by atoms with E-state index >= 15 is 0 Å². The molecule has 1 atom stereocenters. The molecule has 0 radical (unpaired) electrons. The Morgan fingerprint density at radius 3 is 3.05 bits per heavy atom. The van der Waals surface area contributed by atoms with Gasteiger partial charge in [-0.1, -0.05) is 18.7 Å². The molecule has 0 aromatic carbocycles. The maximum absolute atomic E-state index is 12.3. The smallest absolute Gasteiger partial charge is 0.326 e. The van der Waals surface area contributed by atoms with Crippen molar-refractivity contribution < 1.29 is 14.7 Å². The first-order valence-corrected chi connectivity index (χ1v) is 8.57. The molecule has 20 heavy (non-hydrogen) atoms. The van der Waals surface area contributed by atoms with Gasteiger partial charge in [-0.25, -0.2) is 9.78 Å². The third-order valence-electron chi connectivity index (χ3n) is 3.24. The Kier molecular flexibility index (Phi) is 5.42. The van der Waals surface area contributed by atoms with Crippen LogP contribution in [-0.4, -0.2) is 45.2 Å². The first-order valence-electron chi connectivity index (χ1n) is 6.71. The molecule has 1 N–H and O–H groups in total. The molecule has 7 heteroatoms. The fourth-order valence-corrected chi connectivity index (χ4v) is 4.04. The number of piperidine rings is 1. The van der Waals surface area contributed by atoms with Crippen molar-refractivity contribution in [1.82, 2.24) is 9.88 Å². The molecule has 0 saturated carbocycles. The van der Waals surface area contributed by atoms with Gasteiger partial charge in [-0.05, 0) is 25.0 Å². The molecule has 0 unspecified atom stereocenters. The van der Waals surface area contributed by atoms with Gasteiger partial charge in [0.25, 0.3) is 0 Å². The van der Waals surface area contributed by atoms with Gasteiger partial charge in [0.1, 0.15) is 10.4 Å². The normalized spacial score (nSPS) is 19.1. The van der Waals surface area contributed by atoms with E-state index in [0.29, 0.717) is 13.0 Å². The lowest BCUT2D eigenvalue weighted by molar-refractivity contribution is -0.151. The molecule has 1 amide bonds. The van der Waals surface area contributed by atoms with E-state index in [-0.39, 0.29) is 12.3 Å². The van der Waals surface area contributed by atoms with Crippen LogP contribution in [0, 0.1) is 0 Å². The average Bonchev–Trinajstić information content (AvgIpc) is 2.86. The van der Waals surface area contributed by atoms with Crippen LogP contribution in [0.3, 0.4) is 0 Å². The standard InChI is InChI=1S/C13H18N2O3S2/c1-2-19-13-14-9(8-20-13)7-11(16)15-6-4-3-5-10(15)12(17)18/h8,10H,2-7H2,1H3,(H,17,18)/t10-/m1/s1. The number of hydrogen-bond donors (Lipinski definition) is 1. The Bertz CT molecular complexity index is 490. The first kappa shape index (κ1) is 15.3. The number of hydrogen-bond acceptors (Lipinski definition) is 5. The van der Waals surface area contributed by atoms with Crippen LogP contribution >= 0.6 is 23.1 Å². The van der Waals surface area contributed by atoms with Crippen molar-refractivity contribution in [3.05, 3.63) is 11.1 Å². The van der Waals surface area contributed by atoms with Gasteiger partial charge in [-0.15, -0.1) is 11.3 Å². The van der Waals surface area contributed by atoms with Crippen LogP contribution in [0.4, 0.5) is 0 Å². The molecule has 1 aliphatic heterocycles. The van der Waals surface area contributed by atoms with Crippen molar-refractivity contribution in [2.45, 2.75) is 43.0 Å². The van der Waals surface area contributed by atoms with Crippen molar-refractivity contribution in [2.75, 3.05) is 12.3 Å². The molecule has 1 aromatic heterocycles. The summed E-state index contributed by atoms with van der Waals surface area (Å²) in [6.07, 6.45) is 2.50. The van der Waals surface area contributed by atoms with Gasteiger partial charge < -0.3 is 10.0 Å². The van der Waals surface area contributed by atoms with Crippen molar-refractivity contribution in [1.29, 1.82) is 0 Å². The van der Waals surface area contributed by atoms with E-state index in [1.54, 1.807) is 11.8 Å². The molecular formula is C13H18N2O3S2. The SMILES string of the molecule is CCSc1nc(CC(=O)N2CCCC[C@@H]2C(=O)O)cs1.